The molecule has 0 atom stereocenters. The highest BCUT2D eigenvalue weighted by atomic mass is 16.7. The molecule has 2 heterocycles. The first-order valence-electron chi connectivity index (χ1n) is 5.58. The fourth-order valence-electron chi connectivity index (χ4n) is 1.92. The van der Waals surface area contributed by atoms with E-state index in [0.717, 1.165) is 11.5 Å². The Labute approximate surface area is 105 Å². The van der Waals surface area contributed by atoms with Gasteiger partial charge >= 0.3 is 11.6 Å². The summed E-state index contributed by atoms with van der Waals surface area (Å²) in [6.45, 7) is 0. The lowest BCUT2D eigenvalue weighted by molar-refractivity contribution is -0.667. The number of fused-ring (bicyclic) bond motifs is 1. The summed E-state index contributed by atoms with van der Waals surface area (Å²) < 4.78 is 3.78. The van der Waals surface area contributed by atoms with Gasteiger partial charge in [-0.15, -0.1) is 0 Å². The predicted molar refractivity (Wildman–Crippen MR) is 66.4 cm³/mol. The zero-order valence-corrected chi connectivity index (χ0v) is 11.3. The lowest BCUT2D eigenvalue weighted by Gasteiger charge is -2.04. The number of aromatic nitrogens is 4. The van der Waals surface area contributed by atoms with E-state index in [1.165, 1.54) is 4.85 Å². The van der Waals surface area contributed by atoms with Gasteiger partial charge in [0.05, 0.1) is 33.0 Å². The first-order chi connectivity index (χ1) is 8.56. The summed E-state index contributed by atoms with van der Waals surface area (Å²) in [6.07, 6.45) is 1.72. The van der Waals surface area contributed by atoms with Crippen molar-refractivity contribution in [3.8, 4) is 0 Å². The van der Waals surface area contributed by atoms with Crippen LogP contribution >= 0.6 is 0 Å². The number of pyridine rings is 1. The summed E-state index contributed by atoms with van der Waals surface area (Å²) in [4.78, 5) is 12.9. The molecule has 0 aliphatic carbocycles. The molecule has 0 spiro atoms. The molecule has 0 bridgehead atoms. The Bertz CT molecular complexity index is 597. The maximum absolute atomic E-state index is 5.19. The second-order valence-electron chi connectivity index (χ2n) is 4.29. The molecule has 0 aliphatic heterocycles. The summed E-state index contributed by atoms with van der Waals surface area (Å²) in [7, 11) is 9.44. The first-order valence-corrected chi connectivity index (χ1v) is 5.58. The van der Waals surface area contributed by atoms with Crippen LogP contribution in [-0.4, -0.2) is 65.8 Å². The van der Waals surface area contributed by atoms with E-state index in [9.17, 15) is 0 Å². The van der Waals surface area contributed by atoms with Gasteiger partial charge in [-0.25, -0.2) is 14.5 Å². The summed E-state index contributed by atoms with van der Waals surface area (Å²) in [5.41, 5.74) is 1.57. The van der Waals surface area contributed by atoms with E-state index in [-0.39, 0.29) is 0 Å². The van der Waals surface area contributed by atoms with Crippen molar-refractivity contribution >= 4 is 17.1 Å². The molecule has 0 aromatic carbocycles. The molecule has 0 radical (unpaired) electrons. The SMILES string of the molecule is COn1n[n+](C(N(C)C)=[N+](C)C)c2cccnc21. The second-order valence-corrected chi connectivity index (χ2v) is 4.29. The van der Waals surface area contributed by atoms with E-state index >= 15 is 0 Å². The molecule has 0 saturated heterocycles. The van der Waals surface area contributed by atoms with Crippen molar-refractivity contribution in [1.82, 2.24) is 19.9 Å². The Hall–Kier alpha value is -2.18. The molecule has 0 unspecified atom stereocenters. The molecular formula is C11H18N6O+2. The van der Waals surface area contributed by atoms with Gasteiger partial charge in [0.2, 0.25) is 5.52 Å². The van der Waals surface area contributed by atoms with Gasteiger partial charge in [-0.2, -0.15) is 0 Å². The lowest BCUT2D eigenvalue weighted by atomic mass is 10.4. The van der Waals surface area contributed by atoms with Crippen molar-refractivity contribution in [2.45, 2.75) is 0 Å². The molecule has 2 aromatic rings. The monoisotopic (exact) mass is 250 g/mol. The van der Waals surface area contributed by atoms with E-state index in [0.29, 0.717) is 5.65 Å². The van der Waals surface area contributed by atoms with Crippen molar-refractivity contribution in [3.63, 3.8) is 0 Å². The van der Waals surface area contributed by atoms with Crippen molar-refractivity contribution in [1.29, 1.82) is 0 Å². The molecule has 0 aliphatic rings. The van der Waals surface area contributed by atoms with Gasteiger partial charge in [0.1, 0.15) is 12.3 Å². The Morgan fingerprint density at radius 1 is 1.44 bits per heavy atom. The molecule has 2 aromatic heterocycles. The van der Waals surface area contributed by atoms with Crippen molar-refractivity contribution < 1.29 is 14.1 Å². The standard InChI is InChI=1S/C11H18N6O/c1-14(2)11(15(3)4)16-9-7-6-8-12-10(9)17(13-16)18-5/h6-8H,1-5H3/q+2. The number of hydrogen-bond acceptors (Lipinski definition) is 3. The number of rotatable bonds is 1. The minimum Gasteiger partial charge on any atom is -0.317 e. The molecule has 7 heteroatoms. The Balaban J connectivity index is 2.76. The van der Waals surface area contributed by atoms with Crippen LogP contribution in [-0.2, 0) is 0 Å². The number of nitrogens with zero attached hydrogens (tertiary/aromatic N) is 6. The summed E-state index contributed by atoms with van der Waals surface area (Å²) >= 11 is 0. The predicted octanol–water partition coefficient (Wildman–Crippen LogP) is -1.18. The largest absolute Gasteiger partial charge is 0.468 e. The van der Waals surface area contributed by atoms with Crippen LogP contribution in [0.3, 0.4) is 0 Å². The lowest BCUT2D eigenvalue weighted by Crippen LogP contribution is -2.57. The van der Waals surface area contributed by atoms with Crippen LogP contribution in [0.15, 0.2) is 18.3 Å². The van der Waals surface area contributed by atoms with Crippen molar-refractivity contribution in [2.75, 3.05) is 35.3 Å². The first kappa shape index (κ1) is 12.3. The van der Waals surface area contributed by atoms with E-state index in [1.54, 1.807) is 18.0 Å². The molecule has 0 saturated carbocycles. The Morgan fingerprint density at radius 2 is 2.17 bits per heavy atom. The molecular weight excluding hydrogens is 232 g/mol. The van der Waals surface area contributed by atoms with Crippen molar-refractivity contribution in [3.05, 3.63) is 18.3 Å². The molecule has 0 N–H and O–H groups in total. The van der Waals surface area contributed by atoms with Gasteiger partial charge in [0.25, 0.3) is 0 Å². The third-order valence-corrected chi connectivity index (χ3v) is 2.51. The topological polar surface area (TPSA) is 50.1 Å². The fraction of sp³-hybridized carbons (Fsp3) is 0.455. The average Bonchev–Trinajstić information content (AvgIpc) is 2.67. The van der Waals surface area contributed by atoms with Gasteiger partial charge in [-0.1, -0.05) is 0 Å². The highest BCUT2D eigenvalue weighted by Gasteiger charge is 2.30. The normalized spacial score (nSPS) is 10.5. The Morgan fingerprint density at radius 3 is 2.72 bits per heavy atom. The van der Waals surface area contributed by atoms with E-state index in [2.05, 4.69) is 10.2 Å². The minimum absolute atomic E-state index is 0.682. The van der Waals surface area contributed by atoms with Gasteiger partial charge in [0.15, 0.2) is 0 Å². The van der Waals surface area contributed by atoms with Gasteiger partial charge < -0.3 is 4.84 Å². The molecule has 96 valence electrons. The van der Waals surface area contributed by atoms with E-state index in [4.69, 9.17) is 4.84 Å². The maximum atomic E-state index is 5.19. The van der Waals surface area contributed by atoms with Crippen LogP contribution in [0.5, 0.6) is 0 Å². The fourth-order valence-corrected chi connectivity index (χ4v) is 1.92. The van der Waals surface area contributed by atoms with Crippen LogP contribution in [0.25, 0.3) is 11.2 Å². The average molecular weight is 250 g/mol. The summed E-state index contributed by atoms with van der Waals surface area (Å²) in [5, 5.41) is 4.38. The second kappa shape index (κ2) is 4.59. The van der Waals surface area contributed by atoms with Gasteiger partial charge in [-0.05, 0) is 16.8 Å². The molecule has 2 rings (SSSR count). The molecule has 7 nitrogen and oxygen atoms in total. The van der Waals surface area contributed by atoms with Crippen LogP contribution in [0.4, 0.5) is 0 Å². The minimum atomic E-state index is 0.682. The highest BCUT2D eigenvalue weighted by molar-refractivity contribution is 5.73. The molecule has 0 amide bonds. The third kappa shape index (κ3) is 1.87. The van der Waals surface area contributed by atoms with E-state index < -0.39 is 0 Å². The van der Waals surface area contributed by atoms with Gasteiger partial charge in [-0.3, -0.25) is 0 Å². The number of hydrogen-bond donors (Lipinski definition) is 0. The Kier molecular flexibility index (Phi) is 3.14. The molecule has 18 heavy (non-hydrogen) atoms. The van der Waals surface area contributed by atoms with Crippen molar-refractivity contribution in [2.24, 2.45) is 0 Å². The van der Waals surface area contributed by atoms with Crippen LogP contribution in [0.2, 0.25) is 0 Å². The zero-order valence-electron chi connectivity index (χ0n) is 11.3. The quantitative estimate of drug-likeness (QED) is 0.363. The van der Waals surface area contributed by atoms with Gasteiger partial charge in [0, 0.05) is 6.20 Å². The highest BCUT2D eigenvalue weighted by Crippen LogP contribution is 2.03. The van der Waals surface area contributed by atoms with Crippen LogP contribution < -0.4 is 9.52 Å². The van der Waals surface area contributed by atoms with Crippen LogP contribution in [0.1, 0.15) is 0 Å². The third-order valence-electron chi connectivity index (χ3n) is 2.51. The van der Waals surface area contributed by atoms with Crippen LogP contribution in [0, 0.1) is 0 Å². The summed E-state index contributed by atoms with van der Waals surface area (Å²) in [5.74, 6) is 0.920. The van der Waals surface area contributed by atoms with E-state index in [1.807, 2.05) is 49.8 Å². The zero-order chi connectivity index (χ0) is 13.3. The molecule has 0 fully saturated rings. The smallest absolute Gasteiger partial charge is 0.317 e. The summed E-state index contributed by atoms with van der Waals surface area (Å²) in [6, 6.07) is 3.83. The maximum Gasteiger partial charge on any atom is 0.468 e.